The lowest BCUT2D eigenvalue weighted by Gasteiger charge is -2.31. The van der Waals surface area contributed by atoms with E-state index in [1.165, 1.54) is 35.2 Å². The van der Waals surface area contributed by atoms with E-state index in [0.29, 0.717) is 22.9 Å². The number of carbonyl (C=O) groups excluding carboxylic acids is 2. The number of non-ortho nitro benzene ring substituents is 1. The van der Waals surface area contributed by atoms with Crippen molar-refractivity contribution in [2.75, 3.05) is 18.8 Å². The number of aromatic nitrogens is 1. The third-order valence-electron chi connectivity index (χ3n) is 4.06. The van der Waals surface area contributed by atoms with Crippen LogP contribution in [0.4, 0.5) is 5.69 Å². The number of thioether (sulfide) groups is 1. The Hall–Kier alpha value is -2.20. The molecule has 0 bridgehead atoms. The molecule has 8 nitrogen and oxygen atoms in total. The zero-order valence-electron chi connectivity index (χ0n) is 13.2. The number of thiazole rings is 1. The minimum Gasteiger partial charge on any atom is -0.369 e. The molecule has 2 N–H and O–H groups in total. The molecule has 25 heavy (non-hydrogen) atoms. The molecule has 0 unspecified atom stereocenters. The van der Waals surface area contributed by atoms with Gasteiger partial charge in [-0.05, 0) is 18.9 Å². The number of nitro benzene ring substituents is 1. The minimum absolute atomic E-state index is 0.0228. The first-order valence-electron chi connectivity index (χ1n) is 7.69. The van der Waals surface area contributed by atoms with Gasteiger partial charge in [0.1, 0.15) is 0 Å². The van der Waals surface area contributed by atoms with Crippen molar-refractivity contribution in [2.45, 2.75) is 17.2 Å². The molecule has 132 valence electrons. The van der Waals surface area contributed by atoms with Gasteiger partial charge in [0.25, 0.3) is 5.69 Å². The van der Waals surface area contributed by atoms with E-state index in [1.807, 2.05) is 0 Å². The summed E-state index contributed by atoms with van der Waals surface area (Å²) in [7, 11) is 0. The van der Waals surface area contributed by atoms with Crippen molar-refractivity contribution in [3.8, 4) is 0 Å². The maximum atomic E-state index is 12.3. The molecule has 0 spiro atoms. The monoisotopic (exact) mass is 380 g/mol. The summed E-state index contributed by atoms with van der Waals surface area (Å²) in [5, 5.41) is 10.8. The number of benzene rings is 1. The van der Waals surface area contributed by atoms with Crippen molar-refractivity contribution in [1.82, 2.24) is 9.88 Å². The molecule has 2 aromatic rings. The topological polar surface area (TPSA) is 119 Å². The standard InChI is InChI=1S/C15H16N4O4S2/c16-14(21)9-2-1-5-18(7-9)13(20)8-24-15-17-11-4-3-10(19(22)23)6-12(11)25-15/h3-4,6,9H,1-2,5,7-8H2,(H2,16,21)/t9-/m1/s1. The Labute approximate surface area is 151 Å². The number of amides is 2. The van der Waals surface area contributed by atoms with Gasteiger partial charge in [-0.25, -0.2) is 4.98 Å². The fourth-order valence-corrected chi connectivity index (χ4v) is 4.72. The summed E-state index contributed by atoms with van der Waals surface area (Å²) >= 11 is 2.63. The Morgan fingerprint density at radius 2 is 2.28 bits per heavy atom. The second kappa shape index (κ2) is 7.36. The van der Waals surface area contributed by atoms with E-state index >= 15 is 0 Å². The van der Waals surface area contributed by atoms with E-state index in [2.05, 4.69) is 4.98 Å². The van der Waals surface area contributed by atoms with Crippen LogP contribution in [0.25, 0.3) is 10.2 Å². The number of primary amides is 1. The number of nitro groups is 1. The van der Waals surface area contributed by atoms with Gasteiger partial charge in [0.2, 0.25) is 11.8 Å². The van der Waals surface area contributed by atoms with E-state index in [-0.39, 0.29) is 29.2 Å². The molecule has 1 aromatic heterocycles. The zero-order valence-corrected chi connectivity index (χ0v) is 14.8. The number of hydrogen-bond acceptors (Lipinski definition) is 7. The van der Waals surface area contributed by atoms with Crippen LogP contribution >= 0.6 is 23.1 Å². The molecular formula is C15H16N4O4S2. The predicted octanol–water partition coefficient (Wildman–Crippen LogP) is 2.02. The highest BCUT2D eigenvalue weighted by Gasteiger charge is 2.27. The van der Waals surface area contributed by atoms with Crippen molar-refractivity contribution in [2.24, 2.45) is 11.7 Å². The molecule has 1 atom stereocenters. The first-order valence-corrected chi connectivity index (χ1v) is 9.49. The largest absolute Gasteiger partial charge is 0.369 e. The molecule has 1 aliphatic heterocycles. The summed E-state index contributed by atoms with van der Waals surface area (Å²) in [5.74, 6) is -0.474. The van der Waals surface area contributed by atoms with Crippen molar-refractivity contribution < 1.29 is 14.5 Å². The van der Waals surface area contributed by atoms with Crippen LogP contribution in [0, 0.1) is 16.0 Å². The Kier molecular flexibility index (Phi) is 5.19. The Bertz CT molecular complexity index is 838. The van der Waals surface area contributed by atoms with E-state index < -0.39 is 4.92 Å². The minimum atomic E-state index is -0.443. The summed E-state index contributed by atoms with van der Waals surface area (Å²) in [6.07, 6.45) is 1.50. The molecule has 0 radical (unpaired) electrons. The van der Waals surface area contributed by atoms with Crippen molar-refractivity contribution >= 4 is 50.8 Å². The number of fused-ring (bicyclic) bond motifs is 1. The Morgan fingerprint density at radius 1 is 1.48 bits per heavy atom. The normalized spacial score (nSPS) is 17.6. The molecule has 1 saturated heterocycles. The maximum Gasteiger partial charge on any atom is 0.270 e. The Balaban J connectivity index is 1.63. The molecule has 3 rings (SSSR count). The molecular weight excluding hydrogens is 364 g/mol. The number of hydrogen-bond donors (Lipinski definition) is 1. The smallest absolute Gasteiger partial charge is 0.270 e. The first kappa shape index (κ1) is 17.6. The van der Waals surface area contributed by atoms with Crippen LogP contribution in [0.2, 0.25) is 0 Å². The predicted molar refractivity (Wildman–Crippen MR) is 95.5 cm³/mol. The van der Waals surface area contributed by atoms with Gasteiger partial charge >= 0.3 is 0 Å². The highest BCUT2D eigenvalue weighted by atomic mass is 32.2. The van der Waals surface area contributed by atoms with Crippen LogP contribution < -0.4 is 5.73 Å². The highest BCUT2D eigenvalue weighted by molar-refractivity contribution is 8.01. The molecule has 1 aliphatic rings. The molecule has 1 fully saturated rings. The summed E-state index contributed by atoms with van der Waals surface area (Å²) in [6.45, 7) is 1.01. The fraction of sp³-hybridized carbons (Fsp3) is 0.400. The van der Waals surface area contributed by atoms with E-state index in [4.69, 9.17) is 5.73 Å². The average Bonchev–Trinajstić information content (AvgIpc) is 3.01. The van der Waals surface area contributed by atoms with Gasteiger partial charge in [-0.1, -0.05) is 11.8 Å². The van der Waals surface area contributed by atoms with Crippen LogP contribution in [-0.4, -0.2) is 45.5 Å². The lowest BCUT2D eigenvalue weighted by atomic mass is 9.97. The van der Waals surface area contributed by atoms with Crippen LogP contribution in [0.5, 0.6) is 0 Å². The highest BCUT2D eigenvalue weighted by Crippen LogP contribution is 2.32. The maximum absolute atomic E-state index is 12.3. The van der Waals surface area contributed by atoms with E-state index in [9.17, 15) is 19.7 Å². The van der Waals surface area contributed by atoms with Gasteiger partial charge in [0.15, 0.2) is 4.34 Å². The lowest BCUT2D eigenvalue weighted by molar-refractivity contribution is -0.384. The molecule has 2 amide bonds. The van der Waals surface area contributed by atoms with Gasteiger partial charge in [-0.3, -0.25) is 19.7 Å². The van der Waals surface area contributed by atoms with Gasteiger partial charge in [-0.15, -0.1) is 11.3 Å². The van der Waals surface area contributed by atoms with Gasteiger partial charge in [-0.2, -0.15) is 0 Å². The third kappa shape index (κ3) is 4.07. The second-order valence-electron chi connectivity index (χ2n) is 5.76. The molecule has 0 aliphatic carbocycles. The summed E-state index contributed by atoms with van der Waals surface area (Å²) in [4.78, 5) is 40.1. The van der Waals surface area contributed by atoms with Crippen LogP contribution in [0.1, 0.15) is 12.8 Å². The van der Waals surface area contributed by atoms with Gasteiger partial charge in [0.05, 0.1) is 26.8 Å². The van der Waals surface area contributed by atoms with Gasteiger partial charge in [0, 0.05) is 25.2 Å². The number of piperidine rings is 1. The molecule has 1 aromatic carbocycles. The van der Waals surface area contributed by atoms with Gasteiger partial charge < -0.3 is 10.6 Å². The van der Waals surface area contributed by atoms with Crippen molar-refractivity contribution in [1.29, 1.82) is 0 Å². The van der Waals surface area contributed by atoms with E-state index in [0.717, 1.165) is 17.5 Å². The second-order valence-corrected chi connectivity index (χ2v) is 8.01. The number of nitrogens with zero attached hydrogens (tertiary/aromatic N) is 3. The fourth-order valence-electron chi connectivity index (χ4n) is 2.72. The van der Waals surface area contributed by atoms with Crippen molar-refractivity contribution in [3.05, 3.63) is 28.3 Å². The molecule has 2 heterocycles. The van der Waals surface area contributed by atoms with Crippen LogP contribution in [0.15, 0.2) is 22.5 Å². The first-order chi connectivity index (χ1) is 11.9. The summed E-state index contributed by atoms with van der Waals surface area (Å²) in [5.41, 5.74) is 6.03. The quantitative estimate of drug-likeness (QED) is 0.481. The van der Waals surface area contributed by atoms with E-state index in [1.54, 1.807) is 11.0 Å². The average molecular weight is 380 g/mol. The zero-order chi connectivity index (χ0) is 18.0. The number of rotatable bonds is 5. The molecule has 10 heteroatoms. The summed E-state index contributed by atoms with van der Waals surface area (Å²) < 4.78 is 1.41. The molecule has 0 saturated carbocycles. The summed E-state index contributed by atoms with van der Waals surface area (Å²) in [6, 6.07) is 4.51. The SMILES string of the molecule is NC(=O)[C@@H]1CCCN(C(=O)CSc2nc3ccc([N+](=O)[O-])cc3s2)C1. The third-order valence-corrected chi connectivity index (χ3v) is 6.20. The van der Waals surface area contributed by atoms with Crippen molar-refractivity contribution in [3.63, 3.8) is 0 Å². The lowest BCUT2D eigenvalue weighted by Crippen LogP contribution is -2.44. The van der Waals surface area contributed by atoms with Crippen LogP contribution in [0.3, 0.4) is 0 Å². The number of nitrogens with two attached hydrogens (primary N) is 1. The number of carbonyl (C=O) groups is 2. The Morgan fingerprint density at radius 3 is 3.00 bits per heavy atom. The number of likely N-dealkylation sites (tertiary alicyclic amines) is 1. The van der Waals surface area contributed by atoms with Crippen LogP contribution in [-0.2, 0) is 9.59 Å².